The molecule has 3 rings (SSSR count). The van der Waals surface area contributed by atoms with E-state index in [-0.39, 0.29) is 20.8 Å². The number of aromatic nitrogens is 1. The summed E-state index contributed by atoms with van der Waals surface area (Å²) in [5.41, 5.74) is 0.893. The van der Waals surface area contributed by atoms with Crippen LogP contribution >= 0.6 is 22.9 Å². The Hall–Kier alpha value is -2.42. The summed E-state index contributed by atoms with van der Waals surface area (Å²) >= 11 is 7.22. The SMILES string of the molecule is CN(Cc1cc(-c2cccnc2Cl)c(S(=O)(=O)c2ccccc2)s1)C(=O)O. The molecule has 0 unspecified atom stereocenters. The number of pyridine rings is 1. The van der Waals surface area contributed by atoms with Crippen molar-refractivity contribution < 1.29 is 18.3 Å². The molecule has 0 saturated heterocycles. The van der Waals surface area contributed by atoms with Crippen molar-refractivity contribution in [1.82, 2.24) is 9.88 Å². The van der Waals surface area contributed by atoms with Crippen LogP contribution in [-0.4, -0.2) is 36.5 Å². The van der Waals surface area contributed by atoms with Gasteiger partial charge in [0.2, 0.25) is 9.84 Å². The first-order chi connectivity index (χ1) is 12.8. The average molecular weight is 423 g/mol. The molecule has 2 heterocycles. The molecule has 1 amide bonds. The zero-order valence-corrected chi connectivity index (χ0v) is 16.6. The van der Waals surface area contributed by atoms with Gasteiger partial charge in [-0.15, -0.1) is 11.3 Å². The van der Waals surface area contributed by atoms with E-state index in [1.165, 1.54) is 25.4 Å². The zero-order valence-electron chi connectivity index (χ0n) is 14.2. The van der Waals surface area contributed by atoms with Crippen LogP contribution in [0, 0.1) is 0 Å². The van der Waals surface area contributed by atoms with Crippen molar-refractivity contribution in [1.29, 1.82) is 0 Å². The molecule has 0 aliphatic rings. The molecule has 0 bridgehead atoms. The summed E-state index contributed by atoms with van der Waals surface area (Å²) in [6.45, 7) is 0.0647. The quantitative estimate of drug-likeness (QED) is 0.615. The predicted octanol–water partition coefficient (Wildman–Crippen LogP) is 4.41. The fourth-order valence-corrected chi connectivity index (χ4v) is 5.89. The minimum atomic E-state index is -3.80. The van der Waals surface area contributed by atoms with Crippen LogP contribution in [-0.2, 0) is 16.4 Å². The highest BCUT2D eigenvalue weighted by atomic mass is 35.5. The number of rotatable bonds is 5. The summed E-state index contributed by atoms with van der Waals surface area (Å²) in [4.78, 5) is 17.0. The average Bonchev–Trinajstić information content (AvgIpc) is 3.07. The van der Waals surface area contributed by atoms with Crippen LogP contribution in [0.4, 0.5) is 4.79 Å². The molecular weight excluding hydrogens is 408 g/mol. The van der Waals surface area contributed by atoms with Crippen LogP contribution in [0.25, 0.3) is 11.1 Å². The molecule has 0 aliphatic carbocycles. The van der Waals surface area contributed by atoms with Crippen LogP contribution in [0.5, 0.6) is 0 Å². The molecule has 0 aliphatic heterocycles. The number of thiophene rings is 1. The zero-order chi connectivity index (χ0) is 19.6. The van der Waals surface area contributed by atoms with Gasteiger partial charge in [0.15, 0.2) is 0 Å². The molecule has 0 fully saturated rings. The van der Waals surface area contributed by atoms with E-state index in [9.17, 15) is 13.2 Å². The van der Waals surface area contributed by atoms with Crippen molar-refractivity contribution in [2.75, 3.05) is 7.05 Å². The van der Waals surface area contributed by atoms with E-state index in [2.05, 4.69) is 4.98 Å². The lowest BCUT2D eigenvalue weighted by molar-refractivity contribution is 0.154. The van der Waals surface area contributed by atoms with E-state index in [0.717, 1.165) is 16.2 Å². The molecule has 9 heteroatoms. The number of benzene rings is 1. The van der Waals surface area contributed by atoms with Crippen molar-refractivity contribution >= 4 is 38.9 Å². The molecule has 140 valence electrons. The number of carboxylic acid groups (broad SMARTS) is 1. The van der Waals surface area contributed by atoms with Crippen LogP contribution < -0.4 is 0 Å². The van der Waals surface area contributed by atoms with E-state index < -0.39 is 15.9 Å². The molecule has 6 nitrogen and oxygen atoms in total. The molecule has 2 aromatic heterocycles. The van der Waals surface area contributed by atoms with Gasteiger partial charge < -0.3 is 10.0 Å². The molecule has 0 atom stereocenters. The predicted molar refractivity (Wildman–Crippen MR) is 104 cm³/mol. The highest BCUT2D eigenvalue weighted by Crippen LogP contribution is 2.40. The van der Waals surface area contributed by atoms with Gasteiger partial charge in [0.25, 0.3) is 0 Å². The van der Waals surface area contributed by atoms with Crippen molar-refractivity contribution in [2.24, 2.45) is 0 Å². The summed E-state index contributed by atoms with van der Waals surface area (Å²) in [6.07, 6.45) is 0.416. The second-order valence-corrected chi connectivity index (χ2v) is 9.35. The Balaban J connectivity index is 2.18. The summed E-state index contributed by atoms with van der Waals surface area (Å²) in [5.74, 6) is 0. The van der Waals surface area contributed by atoms with Crippen molar-refractivity contribution in [3.63, 3.8) is 0 Å². The Morgan fingerprint density at radius 1 is 1.19 bits per heavy atom. The van der Waals surface area contributed by atoms with Gasteiger partial charge in [-0.1, -0.05) is 29.8 Å². The first kappa shape index (κ1) is 19.3. The van der Waals surface area contributed by atoms with Gasteiger partial charge in [0, 0.05) is 29.2 Å². The number of hydrogen-bond donors (Lipinski definition) is 1. The molecular formula is C18H15ClN2O4S2. The van der Waals surface area contributed by atoms with Crippen molar-refractivity contribution in [3.05, 3.63) is 64.8 Å². The van der Waals surface area contributed by atoms with Crippen molar-refractivity contribution in [2.45, 2.75) is 15.6 Å². The van der Waals surface area contributed by atoms with E-state index in [0.29, 0.717) is 16.0 Å². The third kappa shape index (κ3) is 3.97. The smallest absolute Gasteiger partial charge is 0.407 e. The van der Waals surface area contributed by atoms with Crippen molar-refractivity contribution in [3.8, 4) is 11.1 Å². The molecule has 3 aromatic rings. The van der Waals surface area contributed by atoms with Gasteiger partial charge in [-0.05, 0) is 30.3 Å². The molecule has 27 heavy (non-hydrogen) atoms. The Morgan fingerprint density at radius 3 is 2.52 bits per heavy atom. The Kier molecular flexibility index (Phi) is 5.50. The van der Waals surface area contributed by atoms with E-state index in [1.54, 1.807) is 36.4 Å². The normalized spacial score (nSPS) is 11.3. The molecule has 1 N–H and O–H groups in total. The maximum Gasteiger partial charge on any atom is 0.407 e. The van der Waals surface area contributed by atoms with Gasteiger partial charge in [0.1, 0.15) is 9.36 Å². The second-order valence-electron chi connectivity index (χ2n) is 5.71. The highest BCUT2D eigenvalue weighted by molar-refractivity contribution is 7.93. The maximum absolute atomic E-state index is 13.2. The monoisotopic (exact) mass is 422 g/mol. The van der Waals surface area contributed by atoms with Gasteiger partial charge in [0.05, 0.1) is 11.4 Å². The second kappa shape index (κ2) is 7.67. The molecule has 1 aromatic carbocycles. The van der Waals surface area contributed by atoms with Gasteiger partial charge in [-0.25, -0.2) is 18.2 Å². The lowest BCUT2D eigenvalue weighted by Gasteiger charge is -2.10. The summed E-state index contributed by atoms with van der Waals surface area (Å²) in [7, 11) is -2.38. The molecule has 0 saturated carbocycles. The van der Waals surface area contributed by atoms with Gasteiger partial charge >= 0.3 is 6.09 Å². The van der Waals surface area contributed by atoms with Gasteiger partial charge in [-0.3, -0.25) is 0 Å². The lowest BCUT2D eigenvalue weighted by atomic mass is 10.1. The topological polar surface area (TPSA) is 87.6 Å². The van der Waals surface area contributed by atoms with Crippen LogP contribution in [0.15, 0.2) is 63.8 Å². The number of carbonyl (C=O) groups is 1. The summed E-state index contributed by atoms with van der Waals surface area (Å²) in [5, 5.41) is 9.28. The number of halogens is 1. The fraction of sp³-hybridized carbons (Fsp3) is 0.111. The third-order valence-electron chi connectivity index (χ3n) is 3.82. The molecule has 0 radical (unpaired) electrons. The minimum absolute atomic E-state index is 0.0647. The van der Waals surface area contributed by atoms with E-state index in [4.69, 9.17) is 16.7 Å². The lowest BCUT2D eigenvalue weighted by Crippen LogP contribution is -2.23. The highest BCUT2D eigenvalue weighted by Gasteiger charge is 2.27. The summed E-state index contributed by atoms with van der Waals surface area (Å²) < 4.78 is 26.5. The van der Waals surface area contributed by atoms with E-state index >= 15 is 0 Å². The van der Waals surface area contributed by atoms with Gasteiger partial charge in [-0.2, -0.15) is 0 Å². The van der Waals surface area contributed by atoms with E-state index in [1.807, 2.05) is 0 Å². The number of hydrogen-bond acceptors (Lipinski definition) is 5. The Bertz CT molecular complexity index is 1080. The summed E-state index contributed by atoms with van der Waals surface area (Å²) in [6, 6.07) is 13.1. The standard InChI is InChI=1S/C18H15ClN2O4S2/c1-21(18(22)23)11-12-10-15(14-8-5-9-20-16(14)19)17(26-12)27(24,25)13-6-3-2-4-7-13/h2-10H,11H2,1H3,(H,22,23). The van der Waals surface area contributed by atoms with Crippen LogP contribution in [0.3, 0.4) is 0 Å². The first-order valence-electron chi connectivity index (χ1n) is 7.78. The Labute approximate surface area is 165 Å². The first-order valence-corrected chi connectivity index (χ1v) is 10.5. The number of sulfone groups is 1. The van der Waals surface area contributed by atoms with Crippen LogP contribution in [0.1, 0.15) is 4.88 Å². The minimum Gasteiger partial charge on any atom is -0.465 e. The number of nitrogens with zero attached hydrogens (tertiary/aromatic N) is 2. The molecule has 0 spiro atoms. The third-order valence-corrected chi connectivity index (χ3v) is 7.54. The van der Waals surface area contributed by atoms with Crippen LogP contribution in [0.2, 0.25) is 5.15 Å². The number of amides is 1. The largest absolute Gasteiger partial charge is 0.465 e. The fourth-order valence-electron chi connectivity index (χ4n) is 2.48. The Morgan fingerprint density at radius 2 is 1.89 bits per heavy atom. The maximum atomic E-state index is 13.2.